The van der Waals surface area contributed by atoms with Crippen molar-refractivity contribution >= 4 is 11.7 Å². The number of halogens is 2. The molecule has 7 nitrogen and oxygen atoms in total. The Balaban J connectivity index is 3.54. The van der Waals surface area contributed by atoms with Gasteiger partial charge in [-0.2, -0.15) is 5.26 Å². The van der Waals surface area contributed by atoms with Crippen molar-refractivity contribution in [2.75, 3.05) is 7.11 Å². The molecule has 100 valence electrons. The van der Waals surface area contributed by atoms with Crippen molar-refractivity contribution in [1.29, 1.82) is 5.26 Å². The quantitative estimate of drug-likeness (QED) is 0.466. The first kappa shape index (κ1) is 14.4. The first-order chi connectivity index (χ1) is 8.92. The van der Waals surface area contributed by atoms with Crippen LogP contribution in [0.5, 0.6) is 0 Å². The molecule has 1 rings (SSSR count). The Bertz CT molecular complexity index is 569. The molecular formula is C10H7F2N3O4. The topological polar surface area (TPSA) is 106 Å². The number of carbonyl (C=O) groups excluding carboxylic acids is 1. The third-order valence-corrected chi connectivity index (χ3v) is 2.27. The number of ether oxygens (including phenoxy) is 1. The monoisotopic (exact) mass is 271 g/mol. The van der Waals surface area contributed by atoms with E-state index in [9.17, 15) is 23.7 Å². The summed E-state index contributed by atoms with van der Waals surface area (Å²) in [6.07, 6.45) is -3.23. The number of alkyl halides is 2. The van der Waals surface area contributed by atoms with E-state index in [1.807, 2.05) is 0 Å². The molecule has 0 N–H and O–H groups in total. The SMILES string of the molecule is COC(=O)Cc1c([N+](=O)[O-])cnc(C#N)c1C(F)F. The van der Waals surface area contributed by atoms with Crippen molar-refractivity contribution in [2.45, 2.75) is 12.8 Å². The normalized spacial score (nSPS) is 10.1. The van der Waals surface area contributed by atoms with Crippen molar-refractivity contribution < 1.29 is 23.2 Å². The van der Waals surface area contributed by atoms with Gasteiger partial charge in [-0.1, -0.05) is 0 Å². The average molecular weight is 271 g/mol. The van der Waals surface area contributed by atoms with Crippen LogP contribution in [0.2, 0.25) is 0 Å². The Morgan fingerprint density at radius 2 is 2.32 bits per heavy atom. The van der Waals surface area contributed by atoms with Crippen LogP contribution in [-0.2, 0) is 16.0 Å². The smallest absolute Gasteiger partial charge is 0.310 e. The molecule has 0 atom stereocenters. The third kappa shape index (κ3) is 2.98. The molecule has 19 heavy (non-hydrogen) atoms. The molecule has 0 aromatic carbocycles. The van der Waals surface area contributed by atoms with Crippen LogP contribution in [0.4, 0.5) is 14.5 Å². The van der Waals surface area contributed by atoms with Gasteiger partial charge in [0.1, 0.15) is 18.0 Å². The second-order valence-electron chi connectivity index (χ2n) is 3.31. The highest BCUT2D eigenvalue weighted by atomic mass is 19.3. The Morgan fingerprint density at radius 1 is 1.68 bits per heavy atom. The number of carbonyl (C=O) groups is 1. The van der Waals surface area contributed by atoms with E-state index in [2.05, 4.69) is 9.72 Å². The first-order valence-electron chi connectivity index (χ1n) is 4.83. The van der Waals surface area contributed by atoms with E-state index >= 15 is 0 Å². The minimum absolute atomic E-state index is 0.557. The highest BCUT2D eigenvalue weighted by molar-refractivity contribution is 5.75. The van der Waals surface area contributed by atoms with Crippen LogP contribution < -0.4 is 0 Å². The molecule has 1 aromatic heterocycles. The van der Waals surface area contributed by atoms with Gasteiger partial charge in [0.15, 0.2) is 0 Å². The third-order valence-electron chi connectivity index (χ3n) is 2.27. The summed E-state index contributed by atoms with van der Waals surface area (Å²) in [4.78, 5) is 24.2. The number of methoxy groups -OCH3 is 1. The molecule has 0 spiro atoms. The largest absolute Gasteiger partial charge is 0.469 e. The predicted octanol–water partition coefficient (Wildman–Crippen LogP) is 1.51. The molecule has 1 aromatic rings. The summed E-state index contributed by atoms with van der Waals surface area (Å²) in [5.74, 6) is -0.930. The van der Waals surface area contributed by atoms with Gasteiger partial charge in [0.05, 0.1) is 29.6 Å². The number of pyridine rings is 1. The number of esters is 1. The van der Waals surface area contributed by atoms with Crippen LogP contribution in [-0.4, -0.2) is 23.0 Å². The highest BCUT2D eigenvalue weighted by Gasteiger charge is 2.29. The fourth-order valence-electron chi connectivity index (χ4n) is 1.44. The van der Waals surface area contributed by atoms with Gasteiger partial charge < -0.3 is 4.74 Å². The van der Waals surface area contributed by atoms with Gasteiger partial charge in [0, 0.05) is 0 Å². The van der Waals surface area contributed by atoms with Gasteiger partial charge in [-0.25, -0.2) is 13.8 Å². The minimum Gasteiger partial charge on any atom is -0.469 e. The van der Waals surface area contributed by atoms with Crippen LogP contribution >= 0.6 is 0 Å². The molecule has 0 fully saturated rings. The van der Waals surface area contributed by atoms with Gasteiger partial charge in [0.2, 0.25) is 0 Å². The van der Waals surface area contributed by atoms with E-state index in [4.69, 9.17) is 5.26 Å². The second kappa shape index (κ2) is 5.81. The van der Waals surface area contributed by atoms with Crippen LogP contribution in [0.1, 0.15) is 23.2 Å². The van der Waals surface area contributed by atoms with Crippen molar-refractivity contribution in [3.8, 4) is 6.07 Å². The number of nitrogens with zero attached hydrogens (tertiary/aromatic N) is 3. The summed E-state index contributed by atoms with van der Waals surface area (Å²) in [5, 5.41) is 19.4. The maximum atomic E-state index is 12.9. The summed E-state index contributed by atoms with van der Waals surface area (Å²) in [6.45, 7) is 0. The fourth-order valence-corrected chi connectivity index (χ4v) is 1.44. The van der Waals surface area contributed by atoms with Crippen molar-refractivity contribution in [3.05, 3.63) is 33.1 Å². The molecule has 0 aliphatic rings. The Morgan fingerprint density at radius 3 is 2.74 bits per heavy atom. The van der Waals surface area contributed by atoms with E-state index in [0.29, 0.717) is 6.20 Å². The van der Waals surface area contributed by atoms with Crippen molar-refractivity contribution in [1.82, 2.24) is 4.98 Å². The molecule has 0 aliphatic heterocycles. The van der Waals surface area contributed by atoms with Crippen molar-refractivity contribution in [3.63, 3.8) is 0 Å². The number of nitro groups is 1. The molecule has 9 heteroatoms. The lowest BCUT2D eigenvalue weighted by atomic mass is 10.0. The lowest BCUT2D eigenvalue weighted by Gasteiger charge is -2.09. The highest BCUT2D eigenvalue weighted by Crippen LogP contribution is 2.31. The van der Waals surface area contributed by atoms with Gasteiger partial charge in [-0.3, -0.25) is 14.9 Å². The Labute approximate surface area is 105 Å². The summed E-state index contributed by atoms with van der Waals surface area (Å²) in [5.41, 5.74) is -2.88. The van der Waals surface area contributed by atoms with E-state index in [0.717, 1.165) is 7.11 Å². The molecule has 0 aliphatic carbocycles. The maximum Gasteiger partial charge on any atom is 0.310 e. The summed E-state index contributed by atoms with van der Waals surface area (Å²) in [6, 6.07) is 1.41. The van der Waals surface area contributed by atoms with Crippen molar-refractivity contribution in [2.24, 2.45) is 0 Å². The zero-order valence-electron chi connectivity index (χ0n) is 9.59. The molecule has 0 radical (unpaired) electrons. The zero-order valence-corrected chi connectivity index (χ0v) is 9.59. The Kier molecular flexibility index (Phi) is 4.41. The van der Waals surface area contributed by atoms with Crippen LogP contribution in [0.3, 0.4) is 0 Å². The number of rotatable bonds is 4. The minimum atomic E-state index is -3.17. The van der Waals surface area contributed by atoms with Crippen LogP contribution in [0.25, 0.3) is 0 Å². The van der Waals surface area contributed by atoms with Gasteiger partial charge in [0.25, 0.3) is 12.1 Å². The predicted molar refractivity (Wildman–Crippen MR) is 56.3 cm³/mol. The summed E-state index contributed by atoms with van der Waals surface area (Å²) >= 11 is 0. The van der Waals surface area contributed by atoms with Gasteiger partial charge in [-0.15, -0.1) is 0 Å². The van der Waals surface area contributed by atoms with E-state index < -0.39 is 46.2 Å². The second-order valence-corrected chi connectivity index (χ2v) is 3.31. The lowest BCUT2D eigenvalue weighted by Crippen LogP contribution is -2.12. The Hall–Kier alpha value is -2.63. The summed E-state index contributed by atoms with van der Waals surface area (Å²) < 4.78 is 30.1. The molecular weight excluding hydrogens is 264 g/mol. The first-order valence-corrected chi connectivity index (χ1v) is 4.83. The van der Waals surface area contributed by atoms with Gasteiger partial charge in [-0.05, 0) is 0 Å². The van der Waals surface area contributed by atoms with Crippen LogP contribution in [0, 0.1) is 21.4 Å². The average Bonchev–Trinajstić information content (AvgIpc) is 2.36. The maximum absolute atomic E-state index is 12.9. The molecule has 0 bridgehead atoms. The fraction of sp³-hybridized carbons (Fsp3) is 0.300. The lowest BCUT2D eigenvalue weighted by molar-refractivity contribution is -0.386. The molecule has 0 saturated carbocycles. The molecule has 0 amide bonds. The molecule has 1 heterocycles. The standard InChI is InChI=1S/C10H7F2N3O4/c1-19-8(16)2-5-7(15(17)18)4-14-6(3-13)9(5)10(11)12/h4,10H,2H2,1H3. The zero-order chi connectivity index (χ0) is 14.6. The number of nitriles is 1. The number of hydrogen-bond acceptors (Lipinski definition) is 6. The van der Waals surface area contributed by atoms with E-state index in [1.165, 1.54) is 6.07 Å². The summed E-state index contributed by atoms with van der Waals surface area (Å²) in [7, 11) is 1.02. The van der Waals surface area contributed by atoms with Crippen LogP contribution in [0.15, 0.2) is 6.20 Å². The number of hydrogen-bond donors (Lipinski definition) is 0. The molecule has 0 unspecified atom stereocenters. The van der Waals surface area contributed by atoms with E-state index in [1.54, 1.807) is 0 Å². The molecule has 0 saturated heterocycles. The van der Waals surface area contributed by atoms with Gasteiger partial charge >= 0.3 is 5.97 Å². The number of aromatic nitrogens is 1. The van der Waals surface area contributed by atoms with E-state index in [-0.39, 0.29) is 0 Å².